The minimum atomic E-state index is -0.142. The van der Waals surface area contributed by atoms with Crippen LogP contribution in [0.3, 0.4) is 0 Å². The van der Waals surface area contributed by atoms with Crippen molar-refractivity contribution in [3.8, 4) is 0 Å². The molecular weight excluding hydrogens is 384 g/mol. The zero-order chi connectivity index (χ0) is 21.0. The Bertz CT molecular complexity index is 1080. The van der Waals surface area contributed by atoms with Crippen LogP contribution in [0.25, 0.3) is 0 Å². The Morgan fingerprint density at radius 3 is 2.39 bits per heavy atom. The quantitative estimate of drug-likeness (QED) is 0.576. The van der Waals surface area contributed by atoms with Crippen LogP contribution < -0.4 is 20.9 Å². The first kappa shape index (κ1) is 19.6. The van der Waals surface area contributed by atoms with E-state index >= 15 is 0 Å². The maximum Gasteiger partial charge on any atom is 0.315 e. The van der Waals surface area contributed by atoms with Gasteiger partial charge in [-0.2, -0.15) is 0 Å². The Labute approximate surface area is 183 Å². The number of rotatable bonds is 6. The molecule has 0 bridgehead atoms. The van der Waals surface area contributed by atoms with Crippen molar-refractivity contribution in [1.82, 2.24) is 16.0 Å². The highest BCUT2D eigenvalue weighted by Crippen LogP contribution is 2.28. The van der Waals surface area contributed by atoms with Gasteiger partial charge in [0.05, 0.1) is 0 Å². The molecule has 3 aromatic rings. The summed E-state index contributed by atoms with van der Waals surface area (Å²) in [6.07, 6.45) is 1.12. The summed E-state index contributed by atoms with van der Waals surface area (Å²) < 4.78 is 0. The van der Waals surface area contributed by atoms with E-state index < -0.39 is 0 Å². The first-order valence-electron chi connectivity index (χ1n) is 11.0. The number of carbonyl (C=O) groups is 1. The monoisotopic (exact) mass is 412 g/mol. The topological polar surface area (TPSA) is 56.4 Å². The molecule has 0 fully saturated rings. The number of amides is 2. The molecule has 3 N–H and O–H groups in total. The van der Waals surface area contributed by atoms with Crippen LogP contribution in [0.5, 0.6) is 0 Å². The highest BCUT2D eigenvalue weighted by molar-refractivity contribution is 5.73. The van der Waals surface area contributed by atoms with Gasteiger partial charge in [-0.25, -0.2) is 4.79 Å². The first-order chi connectivity index (χ1) is 15.2. The third-order valence-corrected chi connectivity index (χ3v) is 6.19. The van der Waals surface area contributed by atoms with Crippen LogP contribution >= 0.6 is 0 Å². The zero-order valence-electron chi connectivity index (χ0n) is 17.7. The number of anilines is 1. The molecule has 2 amide bonds. The molecule has 0 unspecified atom stereocenters. The highest BCUT2D eigenvalue weighted by Gasteiger charge is 2.18. The lowest BCUT2D eigenvalue weighted by Crippen LogP contribution is -2.34. The van der Waals surface area contributed by atoms with Gasteiger partial charge in [-0.1, -0.05) is 60.7 Å². The van der Waals surface area contributed by atoms with Crippen molar-refractivity contribution in [2.75, 3.05) is 11.4 Å². The van der Waals surface area contributed by atoms with Gasteiger partial charge in [0.15, 0.2) is 0 Å². The Kier molecular flexibility index (Phi) is 5.59. The Morgan fingerprint density at radius 2 is 1.52 bits per heavy atom. The average Bonchev–Trinajstić information content (AvgIpc) is 3.44. The molecule has 0 atom stereocenters. The summed E-state index contributed by atoms with van der Waals surface area (Å²) in [7, 11) is 0. The van der Waals surface area contributed by atoms with Gasteiger partial charge in [0.2, 0.25) is 0 Å². The van der Waals surface area contributed by atoms with E-state index in [1.54, 1.807) is 0 Å². The fraction of sp³-hybridized carbons (Fsp3) is 0.269. The SMILES string of the molecule is O=C(NCc1ccc(CN2CCc3ccccc32)cc1)NCc1ccc2c(c1)CNC2. The van der Waals surface area contributed by atoms with Gasteiger partial charge >= 0.3 is 6.03 Å². The number of nitrogens with one attached hydrogen (secondary N) is 3. The van der Waals surface area contributed by atoms with E-state index in [0.29, 0.717) is 13.1 Å². The molecule has 0 radical (unpaired) electrons. The standard InChI is InChI=1S/C26H28N4O/c31-26(29-15-21-9-10-23-16-27-17-24(23)13-21)28-14-19-5-7-20(8-6-19)18-30-12-11-22-3-1-2-4-25(22)30/h1-10,13,27H,11-12,14-18H2,(H2,28,29,31). The lowest BCUT2D eigenvalue weighted by Gasteiger charge is -2.19. The van der Waals surface area contributed by atoms with Gasteiger partial charge < -0.3 is 20.9 Å². The van der Waals surface area contributed by atoms with E-state index in [0.717, 1.165) is 43.7 Å². The molecule has 0 spiro atoms. The first-order valence-corrected chi connectivity index (χ1v) is 11.0. The summed E-state index contributed by atoms with van der Waals surface area (Å²) in [6.45, 7) is 4.90. The van der Waals surface area contributed by atoms with Gasteiger partial charge in [-0.3, -0.25) is 0 Å². The van der Waals surface area contributed by atoms with Crippen LogP contribution in [-0.2, 0) is 39.1 Å². The Balaban J connectivity index is 1.09. The largest absolute Gasteiger partial charge is 0.367 e. The molecule has 0 aromatic heterocycles. The van der Waals surface area contributed by atoms with E-state index in [1.165, 1.54) is 27.9 Å². The number of nitrogens with zero attached hydrogens (tertiary/aromatic N) is 1. The van der Waals surface area contributed by atoms with Crippen molar-refractivity contribution < 1.29 is 4.79 Å². The second-order valence-electron chi connectivity index (χ2n) is 8.36. The minimum Gasteiger partial charge on any atom is -0.367 e. The summed E-state index contributed by atoms with van der Waals surface area (Å²) in [6, 6.07) is 23.4. The van der Waals surface area contributed by atoms with Gasteiger partial charge in [-0.05, 0) is 45.9 Å². The number of carbonyl (C=O) groups excluding carboxylic acids is 1. The molecule has 2 aliphatic rings. The molecule has 5 rings (SSSR count). The van der Waals surface area contributed by atoms with E-state index in [4.69, 9.17) is 0 Å². The maximum atomic E-state index is 12.2. The predicted molar refractivity (Wildman–Crippen MR) is 124 cm³/mol. The maximum absolute atomic E-state index is 12.2. The van der Waals surface area contributed by atoms with Crippen LogP contribution in [0, 0.1) is 0 Å². The molecule has 2 aliphatic heterocycles. The molecule has 158 valence electrons. The second-order valence-corrected chi connectivity index (χ2v) is 8.36. The van der Waals surface area contributed by atoms with Crippen molar-refractivity contribution in [2.45, 2.75) is 39.1 Å². The number of benzene rings is 3. The molecule has 5 nitrogen and oxygen atoms in total. The normalized spacial score (nSPS) is 14.3. The zero-order valence-corrected chi connectivity index (χ0v) is 17.7. The smallest absolute Gasteiger partial charge is 0.315 e. The number of urea groups is 1. The highest BCUT2D eigenvalue weighted by atomic mass is 16.2. The van der Waals surface area contributed by atoms with Crippen molar-refractivity contribution in [3.05, 3.63) is 100 Å². The second kappa shape index (κ2) is 8.82. The van der Waals surface area contributed by atoms with Crippen molar-refractivity contribution in [2.24, 2.45) is 0 Å². The van der Waals surface area contributed by atoms with E-state index in [2.05, 4.69) is 87.6 Å². The minimum absolute atomic E-state index is 0.142. The lowest BCUT2D eigenvalue weighted by atomic mass is 10.1. The van der Waals surface area contributed by atoms with Crippen LogP contribution in [0.1, 0.15) is 33.4 Å². The molecule has 0 aliphatic carbocycles. The van der Waals surface area contributed by atoms with Crippen LogP contribution in [0.2, 0.25) is 0 Å². The summed E-state index contributed by atoms with van der Waals surface area (Å²) in [5.41, 5.74) is 8.99. The number of hydrogen-bond acceptors (Lipinski definition) is 3. The van der Waals surface area contributed by atoms with E-state index in [9.17, 15) is 4.79 Å². The third kappa shape index (κ3) is 4.57. The number of fused-ring (bicyclic) bond motifs is 2. The van der Waals surface area contributed by atoms with Crippen molar-refractivity contribution in [1.29, 1.82) is 0 Å². The van der Waals surface area contributed by atoms with E-state index in [1.807, 2.05) is 0 Å². The number of hydrogen-bond donors (Lipinski definition) is 3. The summed E-state index contributed by atoms with van der Waals surface area (Å²) >= 11 is 0. The summed E-state index contributed by atoms with van der Waals surface area (Å²) in [4.78, 5) is 14.6. The number of para-hydroxylation sites is 1. The molecule has 3 aromatic carbocycles. The van der Waals surface area contributed by atoms with Gasteiger partial charge in [0.1, 0.15) is 0 Å². The van der Waals surface area contributed by atoms with Crippen LogP contribution in [0.4, 0.5) is 10.5 Å². The van der Waals surface area contributed by atoms with Crippen molar-refractivity contribution in [3.63, 3.8) is 0 Å². The molecule has 2 heterocycles. The summed E-state index contributed by atoms with van der Waals surface area (Å²) in [5.74, 6) is 0. The molecular formula is C26H28N4O. The van der Waals surface area contributed by atoms with Crippen LogP contribution in [0.15, 0.2) is 66.7 Å². The van der Waals surface area contributed by atoms with E-state index in [-0.39, 0.29) is 6.03 Å². The summed E-state index contributed by atoms with van der Waals surface area (Å²) in [5, 5.41) is 9.25. The predicted octanol–water partition coefficient (Wildman–Crippen LogP) is 3.85. The Hall–Kier alpha value is -3.31. The molecule has 31 heavy (non-hydrogen) atoms. The fourth-order valence-corrected chi connectivity index (χ4v) is 4.44. The van der Waals surface area contributed by atoms with Crippen LogP contribution in [-0.4, -0.2) is 12.6 Å². The molecule has 0 saturated heterocycles. The third-order valence-electron chi connectivity index (χ3n) is 6.19. The van der Waals surface area contributed by atoms with Gasteiger partial charge in [-0.15, -0.1) is 0 Å². The Morgan fingerprint density at radius 1 is 0.806 bits per heavy atom. The van der Waals surface area contributed by atoms with Gasteiger partial charge in [0, 0.05) is 45.0 Å². The van der Waals surface area contributed by atoms with Gasteiger partial charge in [0.25, 0.3) is 0 Å². The van der Waals surface area contributed by atoms with Crippen molar-refractivity contribution >= 4 is 11.7 Å². The average molecular weight is 413 g/mol. The lowest BCUT2D eigenvalue weighted by molar-refractivity contribution is 0.240. The molecule has 5 heteroatoms. The molecule has 0 saturated carbocycles. The fourth-order valence-electron chi connectivity index (χ4n) is 4.44.